The van der Waals surface area contributed by atoms with E-state index in [1.54, 1.807) is 0 Å². The second-order valence-electron chi connectivity index (χ2n) is 0.253. The molecule has 0 saturated heterocycles. The summed E-state index contributed by atoms with van der Waals surface area (Å²) in [7, 11) is 0. The minimum absolute atomic E-state index is 0. The Balaban J connectivity index is -0.00000000300. The van der Waals surface area contributed by atoms with Crippen molar-refractivity contribution in [2.24, 2.45) is 0 Å². The van der Waals surface area contributed by atoms with E-state index < -0.39 is 5.09 Å². The minimum atomic E-state index is -1.25. The molecule has 0 heterocycles. The van der Waals surface area contributed by atoms with E-state index in [1.807, 2.05) is 0 Å². The van der Waals surface area contributed by atoms with Crippen LogP contribution < -0.4 is 110 Å². The molecule has 7 heavy (non-hydrogen) atoms. The van der Waals surface area contributed by atoms with E-state index in [9.17, 15) is 0 Å². The van der Waals surface area contributed by atoms with Crippen LogP contribution in [0.3, 0.4) is 0 Å². The van der Waals surface area contributed by atoms with Crippen molar-refractivity contribution in [2.45, 2.75) is 0 Å². The maximum absolute atomic E-state index is 8.47. The molecule has 0 saturated carbocycles. The smallest absolute Gasteiger partial charge is 1.00 e. The number of hydrogen-bond donors (Lipinski definition) is 2. The normalized spacial score (nSPS) is 3.43. The van der Waals surface area contributed by atoms with E-state index in [0.717, 1.165) is 0 Å². The molecule has 0 aliphatic heterocycles. The van der Waals surface area contributed by atoms with Crippen molar-refractivity contribution in [1.29, 1.82) is 0 Å². The zero-order valence-electron chi connectivity index (χ0n) is 7.75. The van der Waals surface area contributed by atoms with Gasteiger partial charge in [-0.3, -0.25) is 0 Å². The Labute approximate surface area is 132 Å². The van der Waals surface area contributed by atoms with Crippen LogP contribution in [0.15, 0.2) is 0 Å². The molecule has 0 rings (SSSR count). The Morgan fingerprint density at radius 3 is 1.29 bits per heavy atom. The van der Waals surface area contributed by atoms with Crippen LogP contribution in [-0.4, -0.2) is 15.5 Å². The first-order chi connectivity index (χ1) is 1.73. The second kappa shape index (κ2) is 15.9. The largest absolute Gasteiger partial charge is 1.00 e. The zero-order valence-corrected chi connectivity index (χ0v) is 11.9. The van der Waals surface area contributed by atoms with Crippen LogP contribution in [0.25, 0.3) is 0 Å². The fourth-order valence-electron chi connectivity index (χ4n) is 0. The van der Waals surface area contributed by atoms with Crippen LogP contribution in [0.2, 0.25) is 0 Å². The van der Waals surface area contributed by atoms with E-state index in [4.69, 9.17) is 15.3 Å². The van der Waals surface area contributed by atoms with E-state index in [2.05, 4.69) is 0 Å². The Bertz CT molecular complexity index is 44.7. The third kappa shape index (κ3) is 51.3. The summed E-state index contributed by atoms with van der Waals surface area (Å²) >= 11 is 0. The molecule has 4 nitrogen and oxygen atoms in total. The molecule has 0 aliphatic rings. The fraction of sp³-hybridized carbons (Fsp3) is 0. The van der Waals surface area contributed by atoms with Gasteiger partial charge in [0, 0.05) is 0 Å². The number of nitrogens with zero attached hydrogens (tertiary/aromatic N) is 1. The van der Waals surface area contributed by atoms with Gasteiger partial charge in [0.15, 0.2) is 0 Å². The summed E-state index contributed by atoms with van der Waals surface area (Å²) in [5, 5.41) is 12.5. The maximum atomic E-state index is 8.47. The van der Waals surface area contributed by atoms with Gasteiger partial charge < -0.3 is 4.28 Å². The summed E-state index contributed by atoms with van der Waals surface area (Å²) < 4.78 is 0. The van der Waals surface area contributed by atoms with Crippen molar-refractivity contribution < 1.29 is 130 Å². The molecule has 0 spiro atoms. The molecule has 7 heteroatoms. The number of hydrogen-bond acceptors (Lipinski definition) is 1. The summed E-state index contributed by atoms with van der Waals surface area (Å²) in [4.78, 5) is 8.47. The first-order valence-corrected chi connectivity index (χ1v) is 0.583. The summed E-state index contributed by atoms with van der Waals surface area (Å²) in [6.07, 6.45) is 0. The van der Waals surface area contributed by atoms with Crippen molar-refractivity contribution >= 4 is 0 Å². The minimum Gasteiger partial charge on any atom is -1.00 e. The van der Waals surface area contributed by atoms with Gasteiger partial charge in [0.1, 0.15) is 4.91 Å². The van der Waals surface area contributed by atoms with Gasteiger partial charge in [-0.25, -0.2) is 10.4 Å². The van der Waals surface area contributed by atoms with Crippen molar-refractivity contribution in [1.82, 2.24) is 0 Å². The third-order valence-electron chi connectivity index (χ3n) is 0. The SMILES string of the molecule is O=[N+](O)O.[H-].[H-].[H-].[K+].[Na+].[Na+]. The van der Waals surface area contributed by atoms with E-state index in [0.29, 0.717) is 0 Å². The molecule has 2 N–H and O–H groups in total. The third-order valence-corrected chi connectivity index (χ3v) is 0. The van der Waals surface area contributed by atoms with Gasteiger partial charge in [-0.2, -0.15) is 0 Å². The quantitative estimate of drug-likeness (QED) is 0.268. The average Bonchev–Trinajstić information content (AvgIpc) is 0.811. The van der Waals surface area contributed by atoms with E-state index in [1.165, 1.54) is 0 Å². The molecule has 0 aromatic heterocycles. The first kappa shape index (κ1) is 22.5. The summed E-state index contributed by atoms with van der Waals surface area (Å²) in [6.45, 7) is 0. The zero-order chi connectivity index (χ0) is 3.58. The molecule has 0 unspecified atom stereocenters. The van der Waals surface area contributed by atoms with Gasteiger partial charge >= 0.3 is 116 Å². The van der Waals surface area contributed by atoms with Gasteiger partial charge in [0.25, 0.3) is 0 Å². The molecule has 0 amide bonds. The Morgan fingerprint density at radius 1 is 1.29 bits per heavy atom. The standard InChI is InChI=1S/K.H2NO3.2Na.3H/c;2-1(3)4;;;;;/h;(H2,2,3,4);;;;;/q4*+1;3*-1. The molecular weight excluding hydrogens is 147 g/mol. The number of rotatable bonds is 0. The maximum Gasteiger partial charge on any atom is 1.00 e. The fourth-order valence-corrected chi connectivity index (χ4v) is 0. The first-order valence-electron chi connectivity index (χ1n) is 0.583. The molecule has 0 aliphatic carbocycles. The average molecular weight is 152 g/mol. The molecule has 0 bridgehead atoms. The molecular formula is H5KNNa2O3+. The van der Waals surface area contributed by atoms with Gasteiger partial charge in [-0.05, 0) is 0 Å². The van der Waals surface area contributed by atoms with E-state index >= 15 is 0 Å². The second-order valence-corrected chi connectivity index (χ2v) is 0.253. The Morgan fingerprint density at radius 2 is 1.29 bits per heavy atom. The van der Waals surface area contributed by atoms with Crippen LogP contribution >= 0.6 is 0 Å². The van der Waals surface area contributed by atoms with Gasteiger partial charge in [0.2, 0.25) is 0 Å². The topological polar surface area (TPSA) is 60.5 Å². The predicted octanol–water partition coefficient (Wildman–Crippen LogP) is -9.11. The van der Waals surface area contributed by atoms with Crippen LogP contribution in [-0.2, 0) is 0 Å². The van der Waals surface area contributed by atoms with E-state index in [-0.39, 0.29) is 115 Å². The van der Waals surface area contributed by atoms with Crippen molar-refractivity contribution in [3.8, 4) is 0 Å². The summed E-state index contributed by atoms with van der Waals surface area (Å²) in [6, 6.07) is 0. The van der Waals surface area contributed by atoms with Crippen LogP contribution in [0.1, 0.15) is 4.28 Å². The van der Waals surface area contributed by atoms with Crippen molar-refractivity contribution in [3.63, 3.8) is 0 Å². The summed E-state index contributed by atoms with van der Waals surface area (Å²) in [5.74, 6) is 0. The van der Waals surface area contributed by atoms with Crippen LogP contribution in [0, 0.1) is 4.91 Å². The Hall–Kier alpha value is 2.84. The van der Waals surface area contributed by atoms with Gasteiger partial charge in [-0.1, -0.05) is 0 Å². The van der Waals surface area contributed by atoms with Crippen molar-refractivity contribution in [2.75, 3.05) is 0 Å². The van der Waals surface area contributed by atoms with Crippen LogP contribution in [0.4, 0.5) is 0 Å². The molecule has 0 fully saturated rings. The van der Waals surface area contributed by atoms with Crippen molar-refractivity contribution in [3.05, 3.63) is 4.91 Å². The van der Waals surface area contributed by atoms with Gasteiger partial charge in [-0.15, -0.1) is 0 Å². The monoisotopic (exact) mass is 152 g/mol. The predicted molar refractivity (Wildman–Crippen MR) is 10.5 cm³/mol. The summed E-state index contributed by atoms with van der Waals surface area (Å²) in [5.41, 5.74) is 0. The molecule has 0 aromatic carbocycles. The van der Waals surface area contributed by atoms with Gasteiger partial charge in [0.05, 0.1) is 0 Å². The Kier molecular flexibility index (Phi) is 51.3. The molecule has 30 valence electrons. The molecule has 0 atom stereocenters. The molecule has 0 aromatic rings. The van der Waals surface area contributed by atoms with Crippen LogP contribution in [0.5, 0.6) is 0 Å². The molecule has 0 radical (unpaired) electrons.